The van der Waals surface area contributed by atoms with E-state index in [1.165, 1.54) is 0 Å². The SMILES string of the molecule is CCCOc1ccccc1C(=O)c1cnn(C)c1. The molecule has 2 aromatic rings. The maximum Gasteiger partial charge on any atom is 0.199 e. The fraction of sp³-hybridized carbons (Fsp3) is 0.286. The van der Waals surface area contributed by atoms with Gasteiger partial charge in [0.1, 0.15) is 5.75 Å². The molecule has 0 saturated heterocycles. The van der Waals surface area contributed by atoms with Crippen LogP contribution in [-0.2, 0) is 7.05 Å². The highest BCUT2D eigenvalue weighted by atomic mass is 16.5. The molecule has 0 spiro atoms. The van der Waals surface area contributed by atoms with Gasteiger partial charge in [0.2, 0.25) is 0 Å². The summed E-state index contributed by atoms with van der Waals surface area (Å²) in [5, 5.41) is 4.01. The first kappa shape index (κ1) is 12.4. The van der Waals surface area contributed by atoms with Crippen molar-refractivity contribution in [2.75, 3.05) is 6.61 Å². The molecule has 1 heterocycles. The third-order valence-electron chi connectivity index (χ3n) is 2.56. The number of para-hydroxylation sites is 1. The van der Waals surface area contributed by atoms with E-state index in [1.54, 1.807) is 30.2 Å². The molecule has 0 unspecified atom stereocenters. The van der Waals surface area contributed by atoms with Gasteiger partial charge in [0.05, 0.1) is 23.9 Å². The number of rotatable bonds is 5. The number of ketones is 1. The highest BCUT2D eigenvalue weighted by Gasteiger charge is 2.15. The van der Waals surface area contributed by atoms with Crippen LogP contribution < -0.4 is 4.74 Å². The van der Waals surface area contributed by atoms with Crippen molar-refractivity contribution >= 4 is 5.78 Å². The number of aromatic nitrogens is 2. The Morgan fingerprint density at radius 3 is 2.83 bits per heavy atom. The number of benzene rings is 1. The van der Waals surface area contributed by atoms with Crippen LogP contribution in [0.4, 0.5) is 0 Å². The van der Waals surface area contributed by atoms with Crippen molar-refractivity contribution in [3.63, 3.8) is 0 Å². The zero-order valence-electron chi connectivity index (χ0n) is 10.6. The second-order valence-corrected chi connectivity index (χ2v) is 4.08. The molecule has 4 nitrogen and oxygen atoms in total. The smallest absolute Gasteiger partial charge is 0.199 e. The molecule has 0 aliphatic rings. The highest BCUT2D eigenvalue weighted by Crippen LogP contribution is 2.21. The minimum Gasteiger partial charge on any atom is -0.493 e. The number of hydrogen-bond acceptors (Lipinski definition) is 3. The minimum absolute atomic E-state index is 0.0604. The molecule has 1 aromatic carbocycles. The van der Waals surface area contributed by atoms with E-state index in [2.05, 4.69) is 5.10 Å². The molecule has 0 radical (unpaired) electrons. The van der Waals surface area contributed by atoms with Crippen LogP contribution in [0.5, 0.6) is 5.75 Å². The van der Waals surface area contributed by atoms with Crippen molar-refractivity contribution in [3.8, 4) is 5.75 Å². The van der Waals surface area contributed by atoms with Gasteiger partial charge in [0, 0.05) is 13.2 Å². The van der Waals surface area contributed by atoms with Crippen molar-refractivity contribution in [1.82, 2.24) is 9.78 Å². The predicted molar refractivity (Wildman–Crippen MR) is 68.9 cm³/mol. The summed E-state index contributed by atoms with van der Waals surface area (Å²) in [6.07, 6.45) is 4.19. The Labute approximate surface area is 106 Å². The summed E-state index contributed by atoms with van der Waals surface area (Å²) < 4.78 is 7.20. The summed E-state index contributed by atoms with van der Waals surface area (Å²) in [4.78, 5) is 12.3. The summed E-state index contributed by atoms with van der Waals surface area (Å²) in [6.45, 7) is 2.64. The van der Waals surface area contributed by atoms with Crippen LogP contribution in [0, 0.1) is 0 Å². The Morgan fingerprint density at radius 1 is 1.39 bits per heavy atom. The van der Waals surface area contributed by atoms with Gasteiger partial charge < -0.3 is 4.74 Å². The summed E-state index contributed by atoms with van der Waals surface area (Å²) in [5.41, 5.74) is 1.16. The predicted octanol–water partition coefficient (Wildman–Crippen LogP) is 2.44. The summed E-state index contributed by atoms with van der Waals surface area (Å²) in [6, 6.07) is 7.30. The maximum absolute atomic E-state index is 12.3. The Hall–Kier alpha value is -2.10. The van der Waals surface area contributed by atoms with Crippen LogP contribution >= 0.6 is 0 Å². The fourth-order valence-electron chi connectivity index (χ4n) is 1.69. The van der Waals surface area contributed by atoms with Crippen molar-refractivity contribution in [2.45, 2.75) is 13.3 Å². The third kappa shape index (κ3) is 2.59. The number of nitrogens with zero attached hydrogens (tertiary/aromatic N) is 2. The average molecular weight is 244 g/mol. The van der Waals surface area contributed by atoms with E-state index in [9.17, 15) is 4.79 Å². The largest absolute Gasteiger partial charge is 0.493 e. The topological polar surface area (TPSA) is 44.1 Å². The van der Waals surface area contributed by atoms with E-state index in [0.29, 0.717) is 23.5 Å². The first-order valence-electron chi connectivity index (χ1n) is 5.97. The van der Waals surface area contributed by atoms with Gasteiger partial charge in [-0.15, -0.1) is 0 Å². The van der Waals surface area contributed by atoms with Gasteiger partial charge in [-0.3, -0.25) is 9.48 Å². The molecule has 0 aliphatic carbocycles. The molecule has 0 N–H and O–H groups in total. The zero-order valence-corrected chi connectivity index (χ0v) is 10.6. The maximum atomic E-state index is 12.3. The van der Waals surface area contributed by atoms with Crippen LogP contribution in [0.1, 0.15) is 29.3 Å². The molecule has 1 aromatic heterocycles. The Kier molecular flexibility index (Phi) is 3.77. The monoisotopic (exact) mass is 244 g/mol. The van der Waals surface area contributed by atoms with E-state index in [0.717, 1.165) is 6.42 Å². The third-order valence-corrected chi connectivity index (χ3v) is 2.56. The lowest BCUT2D eigenvalue weighted by atomic mass is 10.1. The molecule has 0 atom stereocenters. The van der Waals surface area contributed by atoms with Gasteiger partial charge >= 0.3 is 0 Å². The lowest BCUT2D eigenvalue weighted by molar-refractivity contribution is 0.103. The summed E-state index contributed by atoms with van der Waals surface area (Å²) >= 11 is 0. The van der Waals surface area contributed by atoms with Crippen molar-refractivity contribution in [3.05, 3.63) is 47.8 Å². The zero-order chi connectivity index (χ0) is 13.0. The summed E-state index contributed by atoms with van der Waals surface area (Å²) in [7, 11) is 1.79. The van der Waals surface area contributed by atoms with Crippen LogP contribution in [0.25, 0.3) is 0 Å². The molecular weight excluding hydrogens is 228 g/mol. The van der Waals surface area contributed by atoms with Crippen LogP contribution in [-0.4, -0.2) is 22.2 Å². The molecule has 0 saturated carbocycles. The van der Waals surface area contributed by atoms with Crippen LogP contribution in [0.15, 0.2) is 36.7 Å². The van der Waals surface area contributed by atoms with Crippen molar-refractivity contribution in [2.24, 2.45) is 7.05 Å². The molecule has 0 bridgehead atoms. The Morgan fingerprint density at radius 2 is 2.17 bits per heavy atom. The second-order valence-electron chi connectivity index (χ2n) is 4.08. The van der Waals surface area contributed by atoms with E-state index < -0.39 is 0 Å². The fourth-order valence-corrected chi connectivity index (χ4v) is 1.69. The van der Waals surface area contributed by atoms with Gasteiger partial charge in [-0.05, 0) is 18.6 Å². The lowest BCUT2D eigenvalue weighted by Gasteiger charge is -2.08. The van der Waals surface area contributed by atoms with Crippen LogP contribution in [0.2, 0.25) is 0 Å². The van der Waals surface area contributed by atoms with E-state index in [4.69, 9.17) is 4.74 Å². The molecule has 2 rings (SSSR count). The number of hydrogen-bond donors (Lipinski definition) is 0. The van der Waals surface area contributed by atoms with Gasteiger partial charge in [0.15, 0.2) is 5.78 Å². The number of aryl methyl sites for hydroxylation is 1. The Bertz CT molecular complexity index is 546. The van der Waals surface area contributed by atoms with Crippen molar-refractivity contribution < 1.29 is 9.53 Å². The summed E-state index contributed by atoms with van der Waals surface area (Å²) in [5.74, 6) is 0.572. The Balaban J connectivity index is 2.29. The molecule has 4 heteroatoms. The standard InChI is InChI=1S/C14H16N2O2/c1-3-8-18-13-7-5-4-6-12(13)14(17)11-9-15-16(2)10-11/h4-7,9-10H,3,8H2,1-2H3. The molecule has 94 valence electrons. The first-order valence-corrected chi connectivity index (χ1v) is 5.97. The molecule has 0 fully saturated rings. The second kappa shape index (κ2) is 5.49. The molecule has 0 amide bonds. The number of ether oxygens (including phenoxy) is 1. The molecular formula is C14H16N2O2. The van der Waals surface area contributed by atoms with E-state index in [1.807, 2.05) is 25.1 Å². The average Bonchev–Trinajstić information content (AvgIpc) is 2.82. The quantitative estimate of drug-likeness (QED) is 0.759. The lowest BCUT2D eigenvalue weighted by Crippen LogP contribution is -2.05. The van der Waals surface area contributed by atoms with Gasteiger partial charge in [-0.1, -0.05) is 19.1 Å². The van der Waals surface area contributed by atoms with E-state index >= 15 is 0 Å². The first-order chi connectivity index (χ1) is 8.72. The van der Waals surface area contributed by atoms with E-state index in [-0.39, 0.29) is 5.78 Å². The van der Waals surface area contributed by atoms with Crippen LogP contribution in [0.3, 0.4) is 0 Å². The highest BCUT2D eigenvalue weighted by molar-refractivity contribution is 6.10. The van der Waals surface area contributed by atoms with Gasteiger partial charge in [0.25, 0.3) is 0 Å². The normalized spacial score (nSPS) is 10.3. The number of carbonyl (C=O) groups excluding carboxylic acids is 1. The van der Waals surface area contributed by atoms with Crippen molar-refractivity contribution in [1.29, 1.82) is 0 Å². The molecule has 0 aliphatic heterocycles. The van der Waals surface area contributed by atoms with Gasteiger partial charge in [-0.25, -0.2) is 0 Å². The molecule has 18 heavy (non-hydrogen) atoms. The number of carbonyl (C=O) groups is 1. The minimum atomic E-state index is -0.0604. The van der Waals surface area contributed by atoms with Gasteiger partial charge in [-0.2, -0.15) is 5.10 Å².